The van der Waals surface area contributed by atoms with Gasteiger partial charge in [-0.25, -0.2) is 0 Å². The van der Waals surface area contributed by atoms with Crippen LogP contribution in [0, 0.1) is 0 Å². The third-order valence-corrected chi connectivity index (χ3v) is 4.23. The molecule has 0 amide bonds. The van der Waals surface area contributed by atoms with Gasteiger partial charge in [-0.3, -0.25) is 0 Å². The largest absolute Gasteiger partial charge is 0.507 e. The molecule has 128 valence electrons. The molecule has 0 unspecified atom stereocenters. The Balaban J connectivity index is 2.41. The number of phenolic OH excluding ortho intramolecular Hbond substituents is 2. The molecule has 2 aromatic rings. The van der Waals surface area contributed by atoms with Gasteiger partial charge in [0.1, 0.15) is 11.5 Å². The highest BCUT2D eigenvalue weighted by atomic mass is 16.3. The fourth-order valence-electron chi connectivity index (χ4n) is 2.49. The van der Waals surface area contributed by atoms with E-state index in [-0.39, 0.29) is 22.3 Å². The average molecular weight is 324 g/mol. The first kappa shape index (κ1) is 18.1. The summed E-state index contributed by atoms with van der Waals surface area (Å²) in [5.41, 5.74) is 3.86. The maximum absolute atomic E-state index is 10.1. The first-order chi connectivity index (χ1) is 11.0. The SMILES string of the molecule is CC(C)(C)c1ccc(O)c(/C=C/c2cc(C(C)(C)C)ccc2O)c1. The number of phenols is 2. The van der Waals surface area contributed by atoms with Crippen molar-refractivity contribution in [2.24, 2.45) is 0 Å². The number of hydrogen-bond donors (Lipinski definition) is 2. The van der Waals surface area contributed by atoms with Gasteiger partial charge in [0, 0.05) is 11.1 Å². The minimum Gasteiger partial charge on any atom is -0.507 e. The van der Waals surface area contributed by atoms with Gasteiger partial charge in [-0.05, 0) is 46.2 Å². The quantitative estimate of drug-likeness (QED) is 0.679. The lowest BCUT2D eigenvalue weighted by Crippen LogP contribution is -2.11. The predicted molar refractivity (Wildman–Crippen MR) is 103 cm³/mol. The monoisotopic (exact) mass is 324 g/mol. The molecule has 0 aliphatic carbocycles. The summed E-state index contributed by atoms with van der Waals surface area (Å²) in [6.07, 6.45) is 3.71. The summed E-state index contributed by atoms with van der Waals surface area (Å²) in [6.45, 7) is 12.9. The summed E-state index contributed by atoms with van der Waals surface area (Å²) in [7, 11) is 0. The van der Waals surface area contributed by atoms with E-state index < -0.39 is 0 Å². The Bertz CT molecular complexity index is 691. The van der Waals surface area contributed by atoms with Crippen LogP contribution in [0.5, 0.6) is 11.5 Å². The van der Waals surface area contributed by atoms with E-state index in [2.05, 4.69) is 41.5 Å². The van der Waals surface area contributed by atoms with E-state index in [1.165, 1.54) is 0 Å². The summed E-state index contributed by atoms with van der Waals surface area (Å²) in [6, 6.07) is 11.3. The summed E-state index contributed by atoms with van der Waals surface area (Å²) < 4.78 is 0. The molecule has 2 heteroatoms. The van der Waals surface area contributed by atoms with Crippen LogP contribution in [-0.4, -0.2) is 10.2 Å². The van der Waals surface area contributed by atoms with Crippen molar-refractivity contribution in [1.82, 2.24) is 0 Å². The first-order valence-electron chi connectivity index (χ1n) is 8.33. The van der Waals surface area contributed by atoms with Gasteiger partial charge in [0.05, 0.1) is 0 Å². The summed E-state index contributed by atoms with van der Waals surface area (Å²) in [5.74, 6) is 0.483. The van der Waals surface area contributed by atoms with Crippen molar-refractivity contribution < 1.29 is 10.2 Å². The van der Waals surface area contributed by atoms with Crippen LogP contribution in [0.1, 0.15) is 63.8 Å². The Kier molecular flexibility index (Phi) is 4.80. The minimum absolute atomic E-state index is 0.0184. The molecule has 2 rings (SSSR count). The van der Waals surface area contributed by atoms with Crippen molar-refractivity contribution in [3.8, 4) is 11.5 Å². The van der Waals surface area contributed by atoms with E-state index in [4.69, 9.17) is 0 Å². The van der Waals surface area contributed by atoms with Crippen LogP contribution in [0.4, 0.5) is 0 Å². The van der Waals surface area contributed by atoms with E-state index in [1.807, 2.05) is 36.4 Å². The fourth-order valence-corrected chi connectivity index (χ4v) is 2.49. The molecule has 0 spiro atoms. The molecule has 2 N–H and O–H groups in total. The molecule has 0 bridgehead atoms. The molecule has 0 aliphatic rings. The van der Waals surface area contributed by atoms with E-state index in [0.29, 0.717) is 0 Å². The van der Waals surface area contributed by atoms with Crippen molar-refractivity contribution in [1.29, 1.82) is 0 Å². The lowest BCUT2D eigenvalue weighted by atomic mass is 9.85. The Labute approximate surface area is 145 Å². The number of benzene rings is 2. The molecular weight excluding hydrogens is 296 g/mol. The van der Waals surface area contributed by atoms with E-state index in [9.17, 15) is 10.2 Å². The molecule has 24 heavy (non-hydrogen) atoms. The summed E-state index contributed by atoms with van der Waals surface area (Å²) in [4.78, 5) is 0. The third kappa shape index (κ3) is 4.19. The summed E-state index contributed by atoms with van der Waals surface area (Å²) in [5, 5.41) is 20.2. The van der Waals surface area contributed by atoms with Crippen molar-refractivity contribution in [3.63, 3.8) is 0 Å². The van der Waals surface area contributed by atoms with Crippen LogP contribution in [0.3, 0.4) is 0 Å². The van der Waals surface area contributed by atoms with E-state index in [0.717, 1.165) is 22.3 Å². The van der Waals surface area contributed by atoms with Crippen molar-refractivity contribution >= 4 is 12.2 Å². The average Bonchev–Trinajstić information content (AvgIpc) is 2.45. The maximum Gasteiger partial charge on any atom is 0.122 e. The van der Waals surface area contributed by atoms with Gasteiger partial charge in [-0.15, -0.1) is 0 Å². The molecular formula is C22H28O2. The molecule has 0 heterocycles. The first-order valence-corrected chi connectivity index (χ1v) is 8.33. The zero-order chi connectivity index (χ0) is 18.1. The van der Waals surface area contributed by atoms with Gasteiger partial charge < -0.3 is 10.2 Å². The molecule has 0 aliphatic heterocycles. The molecule has 0 saturated carbocycles. The molecule has 2 nitrogen and oxygen atoms in total. The molecule has 0 radical (unpaired) electrons. The minimum atomic E-state index is 0.0184. The molecule has 2 aromatic carbocycles. The Morgan fingerprint density at radius 2 is 0.958 bits per heavy atom. The Morgan fingerprint density at radius 1 is 0.625 bits per heavy atom. The molecule has 0 aromatic heterocycles. The lowest BCUT2D eigenvalue weighted by molar-refractivity contribution is 0.471. The van der Waals surface area contributed by atoms with Crippen LogP contribution in [-0.2, 0) is 10.8 Å². The Morgan fingerprint density at radius 3 is 1.25 bits per heavy atom. The van der Waals surface area contributed by atoms with Crippen LogP contribution < -0.4 is 0 Å². The lowest BCUT2D eigenvalue weighted by Gasteiger charge is -2.20. The van der Waals surface area contributed by atoms with Gasteiger partial charge in [0.15, 0.2) is 0 Å². The third-order valence-electron chi connectivity index (χ3n) is 4.23. The van der Waals surface area contributed by atoms with Gasteiger partial charge >= 0.3 is 0 Å². The molecule has 0 atom stereocenters. The zero-order valence-electron chi connectivity index (χ0n) is 15.5. The fraction of sp³-hybridized carbons (Fsp3) is 0.364. The normalized spacial score (nSPS) is 12.8. The van der Waals surface area contributed by atoms with Gasteiger partial charge in [0.2, 0.25) is 0 Å². The van der Waals surface area contributed by atoms with Crippen LogP contribution in [0.25, 0.3) is 12.2 Å². The highest BCUT2D eigenvalue weighted by Gasteiger charge is 2.16. The van der Waals surface area contributed by atoms with Crippen molar-refractivity contribution in [2.75, 3.05) is 0 Å². The topological polar surface area (TPSA) is 40.5 Å². The van der Waals surface area contributed by atoms with Gasteiger partial charge in [-0.2, -0.15) is 0 Å². The van der Waals surface area contributed by atoms with E-state index >= 15 is 0 Å². The van der Waals surface area contributed by atoms with Crippen LogP contribution >= 0.6 is 0 Å². The Hall–Kier alpha value is -2.22. The highest BCUT2D eigenvalue weighted by Crippen LogP contribution is 2.31. The van der Waals surface area contributed by atoms with Crippen LogP contribution in [0.2, 0.25) is 0 Å². The standard InChI is InChI=1S/C22H28O2/c1-21(2,3)17-9-11-19(23)15(13-17)7-8-16-14-18(22(4,5)6)10-12-20(16)24/h7-14,23-24H,1-6H3/b8-7+. The van der Waals surface area contributed by atoms with Gasteiger partial charge in [-0.1, -0.05) is 65.8 Å². The zero-order valence-corrected chi connectivity index (χ0v) is 15.5. The second-order valence-corrected chi connectivity index (χ2v) is 8.38. The maximum atomic E-state index is 10.1. The summed E-state index contributed by atoms with van der Waals surface area (Å²) >= 11 is 0. The van der Waals surface area contributed by atoms with E-state index in [1.54, 1.807) is 12.1 Å². The predicted octanol–water partition coefficient (Wildman–Crippen LogP) is 5.86. The number of hydrogen-bond acceptors (Lipinski definition) is 2. The number of aromatic hydroxyl groups is 2. The second kappa shape index (κ2) is 6.35. The van der Waals surface area contributed by atoms with Crippen molar-refractivity contribution in [2.45, 2.75) is 52.4 Å². The van der Waals surface area contributed by atoms with Crippen molar-refractivity contribution in [3.05, 3.63) is 58.7 Å². The molecule has 0 saturated heterocycles. The molecule has 0 fully saturated rings. The smallest absolute Gasteiger partial charge is 0.122 e. The number of rotatable bonds is 2. The van der Waals surface area contributed by atoms with Gasteiger partial charge in [0.25, 0.3) is 0 Å². The van der Waals surface area contributed by atoms with Crippen LogP contribution in [0.15, 0.2) is 36.4 Å². The second-order valence-electron chi connectivity index (χ2n) is 8.38. The highest BCUT2D eigenvalue weighted by molar-refractivity contribution is 5.75.